The molecule has 0 radical (unpaired) electrons. The van der Waals surface area contributed by atoms with Gasteiger partial charge in [0.1, 0.15) is 5.76 Å². The molecule has 6 nitrogen and oxygen atoms in total. The van der Waals surface area contributed by atoms with Crippen LogP contribution in [0.15, 0.2) is 35.1 Å². The van der Waals surface area contributed by atoms with Crippen molar-refractivity contribution in [1.29, 1.82) is 0 Å². The highest BCUT2D eigenvalue weighted by Crippen LogP contribution is 2.24. The molecular weight excluding hydrogens is 234 g/mol. The number of hydrogen-bond donors (Lipinski definition) is 1. The number of carbonyl (C=O) groups is 1. The van der Waals surface area contributed by atoms with Crippen LogP contribution in [-0.2, 0) is 0 Å². The molecule has 6 heteroatoms. The quantitative estimate of drug-likeness (QED) is 0.744. The molecule has 0 atom stereocenters. The Morgan fingerprint density at radius 1 is 1.44 bits per heavy atom. The second kappa shape index (κ2) is 3.69. The van der Waals surface area contributed by atoms with Crippen LogP contribution in [0, 0.1) is 6.92 Å². The van der Waals surface area contributed by atoms with Crippen molar-refractivity contribution in [3.63, 3.8) is 0 Å². The van der Waals surface area contributed by atoms with E-state index in [1.807, 2.05) is 6.92 Å². The second-order valence-electron chi connectivity index (χ2n) is 3.83. The molecule has 0 aliphatic heterocycles. The summed E-state index contributed by atoms with van der Waals surface area (Å²) in [6, 6.07) is 3.56. The molecule has 0 amide bonds. The van der Waals surface area contributed by atoms with Gasteiger partial charge in [-0.15, -0.1) is 0 Å². The van der Waals surface area contributed by atoms with Gasteiger partial charge in [0.05, 0.1) is 11.7 Å². The molecule has 0 saturated carbocycles. The lowest BCUT2D eigenvalue weighted by atomic mass is 10.4. The van der Waals surface area contributed by atoms with Crippen molar-refractivity contribution in [2.75, 3.05) is 0 Å². The average molecular weight is 243 g/mol. The van der Waals surface area contributed by atoms with Gasteiger partial charge in [-0.05, 0) is 19.1 Å². The maximum absolute atomic E-state index is 11.1. The Bertz CT molecular complexity index is 742. The third-order valence-corrected chi connectivity index (χ3v) is 2.61. The van der Waals surface area contributed by atoms with Crippen LogP contribution in [0.5, 0.6) is 0 Å². The van der Waals surface area contributed by atoms with Gasteiger partial charge in [0.15, 0.2) is 17.3 Å². The van der Waals surface area contributed by atoms with E-state index in [1.54, 1.807) is 28.9 Å². The summed E-state index contributed by atoms with van der Waals surface area (Å²) in [6.45, 7) is 1.82. The van der Waals surface area contributed by atoms with E-state index in [9.17, 15) is 4.79 Å². The molecule has 3 heterocycles. The van der Waals surface area contributed by atoms with Crippen LogP contribution < -0.4 is 0 Å². The number of furan rings is 1. The fraction of sp³-hybridized carbons (Fsp3) is 0.0833. The third-order valence-electron chi connectivity index (χ3n) is 2.61. The van der Waals surface area contributed by atoms with Crippen LogP contribution in [0.1, 0.15) is 16.2 Å². The highest BCUT2D eigenvalue weighted by atomic mass is 16.4. The number of aromatic carboxylic acids is 1. The highest BCUT2D eigenvalue weighted by Gasteiger charge is 2.19. The zero-order valence-electron chi connectivity index (χ0n) is 9.49. The van der Waals surface area contributed by atoms with Crippen molar-refractivity contribution in [1.82, 2.24) is 14.4 Å². The van der Waals surface area contributed by atoms with Crippen LogP contribution in [0.3, 0.4) is 0 Å². The summed E-state index contributed by atoms with van der Waals surface area (Å²) in [7, 11) is 0. The number of aryl methyl sites for hydroxylation is 1. The largest absolute Gasteiger partial charge is 0.476 e. The van der Waals surface area contributed by atoms with Crippen molar-refractivity contribution in [3.05, 3.63) is 42.2 Å². The summed E-state index contributed by atoms with van der Waals surface area (Å²) in [4.78, 5) is 19.1. The number of aromatic nitrogens is 3. The fourth-order valence-corrected chi connectivity index (χ4v) is 1.82. The summed E-state index contributed by atoms with van der Waals surface area (Å²) >= 11 is 0. The van der Waals surface area contributed by atoms with E-state index in [-0.39, 0.29) is 5.69 Å². The molecule has 0 aromatic carbocycles. The number of fused-ring (bicyclic) bond motifs is 1. The smallest absolute Gasteiger partial charge is 0.356 e. The lowest BCUT2D eigenvalue weighted by Gasteiger charge is -1.96. The molecule has 0 unspecified atom stereocenters. The van der Waals surface area contributed by atoms with Gasteiger partial charge in [0.25, 0.3) is 0 Å². The molecule has 0 saturated heterocycles. The molecule has 90 valence electrons. The van der Waals surface area contributed by atoms with Crippen molar-refractivity contribution in [2.45, 2.75) is 6.92 Å². The normalized spacial score (nSPS) is 10.9. The van der Waals surface area contributed by atoms with Crippen molar-refractivity contribution in [2.24, 2.45) is 0 Å². The number of nitrogens with zero attached hydrogens (tertiary/aromatic N) is 3. The van der Waals surface area contributed by atoms with E-state index in [2.05, 4.69) is 9.97 Å². The SMILES string of the molecule is Cc1ccc(-c2nc(C(=O)O)c3cnccn23)o1. The molecule has 0 bridgehead atoms. The van der Waals surface area contributed by atoms with E-state index < -0.39 is 5.97 Å². The molecule has 0 aliphatic rings. The first-order valence-corrected chi connectivity index (χ1v) is 5.29. The molecule has 1 N–H and O–H groups in total. The van der Waals surface area contributed by atoms with E-state index >= 15 is 0 Å². The van der Waals surface area contributed by atoms with Gasteiger partial charge in [0.2, 0.25) is 0 Å². The van der Waals surface area contributed by atoms with Gasteiger partial charge in [-0.25, -0.2) is 9.78 Å². The molecule has 3 aromatic heterocycles. The Morgan fingerprint density at radius 2 is 2.28 bits per heavy atom. The summed E-state index contributed by atoms with van der Waals surface area (Å²) in [6.07, 6.45) is 4.69. The third kappa shape index (κ3) is 1.46. The van der Waals surface area contributed by atoms with Gasteiger partial charge >= 0.3 is 5.97 Å². The van der Waals surface area contributed by atoms with Gasteiger partial charge in [-0.3, -0.25) is 9.38 Å². The predicted octanol–water partition coefficient (Wildman–Crippen LogP) is 2.00. The topological polar surface area (TPSA) is 80.6 Å². The Hall–Kier alpha value is -2.63. The highest BCUT2D eigenvalue weighted by molar-refractivity contribution is 5.94. The number of hydrogen-bond acceptors (Lipinski definition) is 4. The lowest BCUT2D eigenvalue weighted by molar-refractivity contribution is 0.0693. The van der Waals surface area contributed by atoms with E-state index in [4.69, 9.17) is 9.52 Å². The number of carboxylic acid groups (broad SMARTS) is 1. The molecule has 18 heavy (non-hydrogen) atoms. The Balaban J connectivity index is 2.33. The number of carboxylic acids is 1. The lowest BCUT2D eigenvalue weighted by Crippen LogP contribution is -1.97. The van der Waals surface area contributed by atoms with E-state index in [0.29, 0.717) is 17.1 Å². The van der Waals surface area contributed by atoms with Crippen LogP contribution >= 0.6 is 0 Å². The average Bonchev–Trinajstić information content (AvgIpc) is 2.92. The summed E-state index contributed by atoms with van der Waals surface area (Å²) in [5.74, 6) is 0.641. The van der Waals surface area contributed by atoms with Gasteiger partial charge in [0, 0.05) is 12.4 Å². The first kappa shape index (κ1) is 10.5. The first-order valence-electron chi connectivity index (χ1n) is 5.29. The molecular formula is C12H9N3O3. The van der Waals surface area contributed by atoms with E-state index in [1.165, 1.54) is 6.20 Å². The summed E-state index contributed by atoms with van der Waals surface area (Å²) in [5.41, 5.74) is 0.404. The monoisotopic (exact) mass is 243 g/mol. The maximum atomic E-state index is 11.1. The predicted molar refractivity (Wildman–Crippen MR) is 62.4 cm³/mol. The van der Waals surface area contributed by atoms with Crippen LogP contribution in [0.25, 0.3) is 17.1 Å². The molecule has 3 rings (SSSR count). The fourth-order valence-electron chi connectivity index (χ4n) is 1.82. The molecule has 3 aromatic rings. The molecule has 0 aliphatic carbocycles. The second-order valence-corrected chi connectivity index (χ2v) is 3.83. The Kier molecular flexibility index (Phi) is 2.16. The van der Waals surface area contributed by atoms with Crippen molar-refractivity contribution >= 4 is 11.5 Å². The van der Waals surface area contributed by atoms with Gasteiger partial charge in [-0.1, -0.05) is 0 Å². The Labute approximate surface area is 102 Å². The Morgan fingerprint density at radius 3 is 2.94 bits per heavy atom. The molecule has 0 spiro atoms. The maximum Gasteiger partial charge on any atom is 0.356 e. The van der Waals surface area contributed by atoms with Crippen molar-refractivity contribution < 1.29 is 14.3 Å². The minimum Gasteiger partial charge on any atom is -0.476 e. The zero-order valence-corrected chi connectivity index (χ0v) is 9.49. The van der Waals surface area contributed by atoms with Gasteiger partial charge < -0.3 is 9.52 Å². The summed E-state index contributed by atoms with van der Waals surface area (Å²) < 4.78 is 7.12. The van der Waals surface area contributed by atoms with Crippen LogP contribution in [0.2, 0.25) is 0 Å². The minimum absolute atomic E-state index is 0.0350. The van der Waals surface area contributed by atoms with Gasteiger partial charge in [-0.2, -0.15) is 0 Å². The van der Waals surface area contributed by atoms with E-state index in [0.717, 1.165) is 5.76 Å². The minimum atomic E-state index is -1.09. The standard InChI is InChI=1S/C12H9N3O3/c1-7-2-3-9(18-7)11-14-10(12(16)17)8-6-13-4-5-15(8)11/h2-6H,1H3,(H,16,17). The molecule has 0 fully saturated rings. The van der Waals surface area contributed by atoms with Crippen LogP contribution in [0.4, 0.5) is 0 Å². The summed E-state index contributed by atoms with van der Waals surface area (Å²) in [5, 5.41) is 9.11. The number of rotatable bonds is 2. The first-order chi connectivity index (χ1) is 8.66. The number of imidazole rings is 1. The zero-order chi connectivity index (χ0) is 12.7. The van der Waals surface area contributed by atoms with Crippen LogP contribution in [-0.4, -0.2) is 25.4 Å². The van der Waals surface area contributed by atoms with Crippen molar-refractivity contribution in [3.8, 4) is 11.6 Å².